The lowest BCUT2D eigenvalue weighted by Crippen LogP contribution is -2.47. The van der Waals surface area contributed by atoms with Crippen LogP contribution in [0, 0.1) is 17.2 Å². The minimum Gasteiger partial charge on any atom is -0.243 e. The molecule has 0 aromatic carbocycles. The lowest BCUT2D eigenvalue weighted by Gasteiger charge is -2.31. The number of pyridine rings is 1. The molecule has 0 unspecified atom stereocenters. The Bertz CT molecular complexity index is 821. The number of hydrogen-bond donors (Lipinski definition) is 0. The van der Waals surface area contributed by atoms with Gasteiger partial charge in [0, 0.05) is 19.5 Å². The van der Waals surface area contributed by atoms with Crippen LogP contribution in [0.1, 0.15) is 19.8 Å². The first kappa shape index (κ1) is 16.9. The summed E-state index contributed by atoms with van der Waals surface area (Å²) in [5, 5.41) is 9.18. The second kappa shape index (κ2) is 5.30. The van der Waals surface area contributed by atoms with Crippen LogP contribution in [-0.4, -0.2) is 45.0 Å². The molecule has 1 fully saturated rings. The zero-order chi connectivity index (χ0) is 16.8. The zero-order valence-corrected chi connectivity index (χ0v) is 14.1. The zero-order valence-electron chi connectivity index (χ0n) is 12.5. The molecule has 120 valence electrons. The normalized spacial score (nSPS) is 18.7. The molecule has 1 aliphatic carbocycles. The van der Waals surface area contributed by atoms with E-state index in [0.717, 1.165) is 35.7 Å². The molecule has 7 nitrogen and oxygen atoms in total. The molecule has 2 rings (SSSR count). The summed E-state index contributed by atoms with van der Waals surface area (Å²) in [6, 6.07) is 4.43. The number of sulfone groups is 1. The molecule has 0 bridgehead atoms. The smallest absolute Gasteiger partial charge is 0.243 e. The van der Waals surface area contributed by atoms with Crippen molar-refractivity contribution in [2.75, 3.05) is 13.3 Å². The second-order valence-electron chi connectivity index (χ2n) is 5.61. The molecule has 1 atom stereocenters. The third kappa shape index (κ3) is 2.86. The maximum absolute atomic E-state index is 12.6. The molecule has 0 spiro atoms. The number of nitriles is 1. The van der Waals surface area contributed by atoms with E-state index in [9.17, 15) is 22.1 Å². The molecule has 0 aliphatic heterocycles. The average Bonchev–Trinajstić information content (AvgIpc) is 3.29. The summed E-state index contributed by atoms with van der Waals surface area (Å²) in [6.07, 6.45) is 3.63. The molecular weight excluding hydrogens is 326 g/mol. The molecule has 1 saturated carbocycles. The van der Waals surface area contributed by atoms with Crippen LogP contribution in [0.3, 0.4) is 0 Å². The van der Waals surface area contributed by atoms with Gasteiger partial charge in [-0.1, -0.05) is 0 Å². The van der Waals surface area contributed by atoms with Crippen LogP contribution in [0.4, 0.5) is 0 Å². The van der Waals surface area contributed by atoms with Gasteiger partial charge in [0.2, 0.25) is 10.0 Å². The second-order valence-corrected chi connectivity index (χ2v) is 9.54. The SMILES string of the molecule is CN([C@](C)(C#N)C1CC1)S(=O)(=O)c1ccc(S(C)(=O)=O)nc1. The Morgan fingerprint density at radius 2 is 1.91 bits per heavy atom. The summed E-state index contributed by atoms with van der Waals surface area (Å²) in [6.45, 7) is 1.60. The quantitative estimate of drug-likeness (QED) is 0.782. The fourth-order valence-electron chi connectivity index (χ4n) is 2.21. The lowest BCUT2D eigenvalue weighted by atomic mass is 9.99. The summed E-state index contributed by atoms with van der Waals surface area (Å²) >= 11 is 0. The lowest BCUT2D eigenvalue weighted by molar-refractivity contribution is 0.276. The molecule has 0 radical (unpaired) electrons. The monoisotopic (exact) mass is 343 g/mol. The highest BCUT2D eigenvalue weighted by molar-refractivity contribution is 7.90. The Morgan fingerprint density at radius 3 is 2.27 bits per heavy atom. The van der Waals surface area contributed by atoms with Gasteiger partial charge in [0.05, 0.1) is 6.07 Å². The first-order valence-electron chi connectivity index (χ1n) is 6.60. The molecule has 0 saturated heterocycles. The van der Waals surface area contributed by atoms with Crippen molar-refractivity contribution in [3.63, 3.8) is 0 Å². The van der Waals surface area contributed by atoms with Crippen molar-refractivity contribution in [3.8, 4) is 6.07 Å². The van der Waals surface area contributed by atoms with E-state index in [0.29, 0.717) is 0 Å². The highest BCUT2D eigenvalue weighted by Gasteiger charge is 2.49. The van der Waals surface area contributed by atoms with Crippen molar-refractivity contribution in [3.05, 3.63) is 18.3 Å². The number of aromatic nitrogens is 1. The van der Waals surface area contributed by atoms with Crippen LogP contribution in [-0.2, 0) is 19.9 Å². The fourth-order valence-corrected chi connectivity index (χ4v) is 4.20. The number of sulfonamides is 1. The number of nitrogens with zero attached hydrogens (tertiary/aromatic N) is 3. The van der Waals surface area contributed by atoms with Crippen LogP contribution in [0.2, 0.25) is 0 Å². The molecule has 0 N–H and O–H groups in total. The number of rotatable bonds is 5. The Balaban J connectivity index is 2.40. The van der Waals surface area contributed by atoms with Gasteiger partial charge in [0.25, 0.3) is 0 Å². The molecule has 9 heteroatoms. The van der Waals surface area contributed by atoms with E-state index in [1.807, 2.05) is 0 Å². The standard InChI is InChI=1S/C13H17N3O4S2/c1-13(9-14,10-4-5-10)16(2)22(19,20)11-6-7-12(15-8-11)21(3,17)18/h6-8,10H,4-5H2,1-3H3/t13-/m1/s1. The predicted octanol–water partition coefficient (Wildman–Crippen LogP) is 0.798. The average molecular weight is 343 g/mol. The molecular formula is C13H17N3O4S2. The largest absolute Gasteiger partial charge is 0.245 e. The van der Waals surface area contributed by atoms with Crippen molar-refractivity contribution in [2.24, 2.45) is 5.92 Å². The third-order valence-electron chi connectivity index (χ3n) is 4.00. The van der Waals surface area contributed by atoms with E-state index in [2.05, 4.69) is 11.1 Å². The molecule has 1 aromatic heterocycles. The van der Waals surface area contributed by atoms with Crippen LogP contribution in [0.5, 0.6) is 0 Å². The first-order valence-corrected chi connectivity index (χ1v) is 9.93. The Hall–Kier alpha value is -1.50. The summed E-state index contributed by atoms with van der Waals surface area (Å²) in [4.78, 5) is 3.56. The van der Waals surface area contributed by atoms with Crippen LogP contribution < -0.4 is 0 Å². The van der Waals surface area contributed by atoms with E-state index in [-0.39, 0.29) is 15.8 Å². The van der Waals surface area contributed by atoms with Crippen LogP contribution in [0.15, 0.2) is 28.3 Å². The van der Waals surface area contributed by atoms with E-state index < -0.39 is 25.4 Å². The molecule has 0 amide bonds. The Labute approximate surface area is 130 Å². The highest BCUT2D eigenvalue weighted by atomic mass is 32.2. The fraction of sp³-hybridized carbons (Fsp3) is 0.538. The summed E-state index contributed by atoms with van der Waals surface area (Å²) < 4.78 is 49.0. The predicted molar refractivity (Wildman–Crippen MR) is 79.0 cm³/mol. The van der Waals surface area contributed by atoms with E-state index in [1.54, 1.807) is 6.92 Å². The summed E-state index contributed by atoms with van der Waals surface area (Å²) in [5.41, 5.74) is -1.12. The minimum absolute atomic E-state index is 0.0144. The van der Waals surface area contributed by atoms with E-state index in [4.69, 9.17) is 0 Å². The van der Waals surface area contributed by atoms with Gasteiger partial charge in [-0.3, -0.25) is 0 Å². The maximum atomic E-state index is 12.6. The van der Waals surface area contributed by atoms with Crippen molar-refractivity contribution >= 4 is 19.9 Å². The van der Waals surface area contributed by atoms with Crippen molar-refractivity contribution < 1.29 is 16.8 Å². The third-order valence-corrected chi connectivity index (χ3v) is 6.94. The molecule has 1 heterocycles. The molecule has 1 aliphatic rings. The van der Waals surface area contributed by atoms with Gasteiger partial charge in [-0.2, -0.15) is 9.57 Å². The highest BCUT2D eigenvalue weighted by Crippen LogP contribution is 2.43. The minimum atomic E-state index is -3.92. The molecule has 22 heavy (non-hydrogen) atoms. The maximum Gasteiger partial charge on any atom is 0.245 e. The Kier molecular flexibility index (Phi) is 4.06. The van der Waals surface area contributed by atoms with Gasteiger partial charge >= 0.3 is 0 Å². The number of hydrogen-bond acceptors (Lipinski definition) is 6. The molecule has 1 aromatic rings. The van der Waals surface area contributed by atoms with Gasteiger partial charge in [0.15, 0.2) is 14.9 Å². The first-order chi connectivity index (χ1) is 10.0. The topological polar surface area (TPSA) is 108 Å². The van der Waals surface area contributed by atoms with Gasteiger partial charge in [-0.15, -0.1) is 0 Å². The van der Waals surface area contributed by atoms with Crippen molar-refractivity contribution in [1.29, 1.82) is 5.26 Å². The van der Waals surface area contributed by atoms with Gasteiger partial charge in [0.1, 0.15) is 10.4 Å². The van der Waals surface area contributed by atoms with E-state index in [1.165, 1.54) is 13.1 Å². The van der Waals surface area contributed by atoms with Crippen molar-refractivity contribution in [1.82, 2.24) is 9.29 Å². The van der Waals surface area contributed by atoms with Crippen LogP contribution >= 0.6 is 0 Å². The summed E-state index contributed by atoms with van der Waals surface area (Å²) in [5.74, 6) is 0.0144. The van der Waals surface area contributed by atoms with Gasteiger partial charge < -0.3 is 0 Å². The van der Waals surface area contributed by atoms with Crippen molar-refractivity contribution in [2.45, 2.75) is 35.2 Å². The van der Waals surface area contributed by atoms with Gasteiger partial charge in [-0.05, 0) is 37.8 Å². The Morgan fingerprint density at radius 1 is 1.32 bits per heavy atom. The van der Waals surface area contributed by atoms with Gasteiger partial charge in [-0.25, -0.2) is 21.8 Å². The summed E-state index contributed by atoms with van der Waals surface area (Å²) in [7, 11) is -6.05. The van der Waals surface area contributed by atoms with E-state index >= 15 is 0 Å². The van der Waals surface area contributed by atoms with Crippen LogP contribution in [0.25, 0.3) is 0 Å².